The number of hydrogen-bond acceptors (Lipinski definition) is 3. The summed E-state index contributed by atoms with van der Waals surface area (Å²) in [5.74, 6) is -0.163. The van der Waals surface area contributed by atoms with E-state index in [-0.39, 0.29) is 17.7 Å². The van der Waals surface area contributed by atoms with Gasteiger partial charge in [-0.15, -0.1) is 11.3 Å². The Labute approximate surface area is 123 Å². The van der Waals surface area contributed by atoms with Crippen molar-refractivity contribution in [3.63, 3.8) is 0 Å². The number of rotatable bonds is 5. The fraction of sp³-hybridized carbons (Fsp3) is 0.312. The molecule has 2 aromatic rings. The van der Waals surface area contributed by atoms with Gasteiger partial charge in [-0.25, -0.2) is 0 Å². The third-order valence-corrected chi connectivity index (χ3v) is 4.24. The third kappa shape index (κ3) is 3.20. The van der Waals surface area contributed by atoms with Crippen LogP contribution in [-0.4, -0.2) is 11.0 Å². The van der Waals surface area contributed by atoms with Gasteiger partial charge in [-0.3, -0.25) is 4.79 Å². The van der Waals surface area contributed by atoms with Gasteiger partial charge in [0.05, 0.1) is 11.6 Å². The zero-order valence-electron chi connectivity index (χ0n) is 11.7. The molecule has 1 aromatic heterocycles. The standard InChI is InChI=1S/C16H19NO2S/c1-3-6-13(14-9-5-10-20-14)17-16(19)12-8-4-7-11(2)15(12)18/h4-5,7-10,13,18H,3,6H2,1-2H3,(H,17,19). The molecule has 0 aliphatic carbocycles. The molecule has 106 valence electrons. The van der Waals surface area contributed by atoms with Crippen LogP contribution in [0.5, 0.6) is 5.75 Å². The van der Waals surface area contributed by atoms with Crippen molar-refractivity contribution in [3.8, 4) is 5.75 Å². The van der Waals surface area contributed by atoms with Crippen LogP contribution in [0.3, 0.4) is 0 Å². The number of phenolic OH excluding ortho intramolecular Hbond substituents is 1. The number of nitrogens with one attached hydrogen (secondary N) is 1. The molecular formula is C16H19NO2S. The van der Waals surface area contributed by atoms with Crippen molar-refractivity contribution < 1.29 is 9.90 Å². The van der Waals surface area contributed by atoms with E-state index in [4.69, 9.17) is 0 Å². The molecule has 2 rings (SSSR count). The van der Waals surface area contributed by atoms with Gasteiger partial charge < -0.3 is 10.4 Å². The number of phenols is 1. The van der Waals surface area contributed by atoms with Gasteiger partial charge in [-0.05, 0) is 36.4 Å². The summed E-state index contributed by atoms with van der Waals surface area (Å²) in [6, 6.07) is 9.24. The van der Waals surface area contributed by atoms with Gasteiger partial charge in [-0.1, -0.05) is 31.5 Å². The summed E-state index contributed by atoms with van der Waals surface area (Å²) < 4.78 is 0. The molecule has 1 aromatic carbocycles. The molecule has 0 saturated carbocycles. The minimum absolute atomic E-state index is 0.00686. The van der Waals surface area contributed by atoms with Gasteiger partial charge >= 0.3 is 0 Å². The van der Waals surface area contributed by atoms with E-state index in [9.17, 15) is 9.90 Å². The Kier molecular flexibility index (Phi) is 4.79. The highest BCUT2D eigenvalue weighted by Gasteiger charge is 2.18. The minimum Gasteiger partial charge on any atom is -0.507 e. The molecule has 1 atom stereocenters. The van der Waals surface area contributed by atoms with Crippen molar-refractivity contribution in [1.29, 1.82) is 0 Å². The van der Waals surface area contributed by atoms with E-state index < -0.39 is 0 Å². The van der Waals surface area contributed by atoms with E-state index in [1.165, 1.54) is 0 Å². The lowest BCUT2D eigenvalue weighted by Crippen LogP contribution is -2.28. The smallest absolute Gasteiger partial charge is 0.255 e. The van der Waals surface area contributed by atoms with Crippen LogP contribution >= 0.6 is 11.3 Å². The SMILES string of the molecule is CCCC(NC(=O)c1cccc(C)c1O)c1cccs1. The maximum Gasteiger partial charge on any atom is 0.255 e. The first-order valence-corrected chi connectivity index (χ1v) is 7.64. The predicted octanol–water partition coefficient (Wildman–Crippen LogP) is 4.03. The van der Waals surface area contributed by atoms with Crippen molar-refractivity contribution >= 4 is 17.2 Å². The molecule has 3 nitrogen and oxygen atoms in total. The Morgan fingerprint density at radius 2 is 2.15 bits per heavy atom. The van der Waals surface area contributed by atoms with Gasteiger partial charge in [0.25, 0.3) is 5.91 Å². The van der Waals surface area contributed by atoms with Crippen LogP contribution in [0, 0.1) is 6.92 Å². The summed E-state index contributed by atoms with van der Waals surface area (Å²) in [6.07, 6.45) is 1.88. The highest BCUT2D eigenvalue weighted by molar-refractivity contribution is 7.10. The maximum absolute atomic E-state index is 12.3. The fourth-order valence-corrected chi connectivity index (χ4v) is 2.95. The maximum atomic E-state index is 12.3. The van der Waals surface area contributed by atoms with E-state index in [0.717, 1.165) is 17.7 Å². The average Bonchev–Trinajstić information content (AvgIpc) is 2.95. The molecule has 2 N–H and O–H groups in total. The van der Waals surface area contributed by atoms with Gasteiger partial charge in [-0.2, -0.15) is 0 Å². The zero-order chi connectivity index (χ0) is 14.5. The Balaban J connectivity index is 2.18. The van der Waals surface area contributed by atoms with E-state index in [0.29, 0.717) is 11.1 Å². The number of aromatic hydroxyl groups is 1. The number of para-hydroxylation sites is 1. The Hall–Kier alpha value is -1.81. The van der Waals surface area contributed by atoms with Crippen LogP contribution in [0.4, 0.5) is 0 Å². The molecule has 4 heteroatoms. The largest absolute Gasteiger partial charge is 0.507 e. The number of carbonyl (C=O) groups excluding carboxylic acids is 1. The lowest BCUT2D eigenvalue weighted by molar-refractivity contribution is 0.0932. The summed E-state index contributed by atoms with van der Waals surface area (Å²) in [5, 5.41) is 15.0. The molecule has 1 unspecified atom stereocenters. The van der Waals surface area contributed by atoms with Gasteiger partial charge in [0, 0.05) is 4.88 Å². The lowest BCUT2D eigenvalue weighted by Gasteiger charge is -2.17. The molecule has 20 heavy (non-hydrogen) atoms. The Morgan fingerprint density at radius 3 is 2.80 bits per heavy atom. The first-order valence-electron chi connectivity index (χ1n) is 6.76. The van der Waals surface area contributed by atoms with Gasteiger partial charge in [0.15, 0.2) is 0 Å². The summed E-state index contributed by atoms with van der Waals surface area (Å²) in [5.41, 5.74) is 1.04. The van der Waals surface area contributed by atoms with Crippen LogP contribution < -0.4 is 5.32 Å². The molecule has 0 aliphatic rings. The topological polar surface area (TPSA) is 49.3 Å². The predicted molar refractivity (Wildman–Crippen MR) is 82.3 cm³/mol. The second-order valence-electron chi connectivity index (χ2n) is 4.80. The highest BCUT2D eigenvalue weighted by atomic mass is 32.1. The molecule has 0 aliphatic heterocycles. The van der Waals surface area contributed by atoms with Crippen LogP contribution in [0.15, 0.2) is 35.7 Å². The summed E-state index contributed by atoms with van der Waals surface area (Å²) in [6.45, 7) is 3.88. The monoisotopic (exact) mass is 289 g/mol. The minimum atomic E-state index is -0.224. The normalized spacial score (nSPS) is 12.1. The zero-order valence-corrected chi connectivity index (χ0v) is 12.5. The summed E-state index contributed by atoms with van der Waals surface area (Å²) in [4.78, 5) is 13.5. The van der Waals surface area contributed by atoms with Crippen LogP contribution in [0.2, 0.25) is 0 Å². The lowest BCUT2D eigenvalue weighted by atomic mass is 10.1. The second-order valence-corrected chi connectivity index (χ2v) is 5.78. The molecule has 1 amide bonds. The van der Waals surface area contributed by atoms with Crippen LogP contribution in [-0.2, 0) is 0 Å². The van der Waals surface area contributed by atoms with Gasteiger partial charge in [0.1, 0.15) is 5.75 Å². The first-order chi connectivity index (χ1) is 9.63. The van der Waals surface area contributed by atoms with Crippen molar-refractivity contribution in [2.75, 3.05) is 0 Å². The molecule has 1 heterocycles. The molecule has 0 bridgehead atoms. The molecular weight excluding hydrogens is 270 g/mol. The summed E-state index contributed by atoms with van der Waals surface area (Å²) >= 11 is 1.64. The van der Waals surface area contributed by atoms with E-state index in [1.807, 2.05) is 17.5 Å². The molecule has 0 radical (unpaired) electrons. The highest BCUT2D eigenvalue weighted by Crippen LogP contribution is 2.26. The first kappa shape index (κ1) is 14.6. The molecule has 0 fully saturated rings. The van der Waals surface area contributed by atoms with Crippen molar-refractivity contribution in [3.05, 3.63) is 51.7 Å². The average molecular weight is 289 g/mol. The number of amides is 1. The fourth-order valence-electron chi connectivity index (χ4n) is 2.14. The van der Waals surface area contributed by atoms with Gasteiger partial charge in [0.2, 0.25) is 0 Å². The van der Waals surface area contributed by atoms with E-state index in [1.54, 1.807) is 36.5 Å². The van der Waals surface area contributed by atoms with Crippen molar-refractivity contribution in [2.45, 2.75) is 32.7 Å². The Morgan fingerprint density at radius 1 is 1.35 bits per heavy atom. The summed E-state index contributed by atoms with van der Waals surface area (Å²) in [7, 11) is 0. The quantitative estimate of drug-likeness (QED) is 0.873. The van der Waals surface area contributed by atoms with E-state index in [2.05, 4.69) is 12.2 Å². The van der Waals surface area contributed by atoms with Crippen LogP contribution in [0.1, 0.15) is 46.6 Å². The second kappa shape index (κ2) is 6.57. The number of hydrogen-bond donors (Lipinski definition) is 2. The molecule has 0 saturated heterocycles. The third-order valence-electron chi connectivity index (χ3n) is 3.25. The van der Waals surface area contributed by atoms with Crippen molar-refractivity contribution in [2.24, 2.45) is 0 Å². The molecule has 0 spiro atoms. The number of thiophene rings is 1. The number of aryl methyl sites for hydroxylation is 1. The Bertz CT molecular complexity index is 578. The number of carbonyl (C=O) groups is 1. The number of benzene rings is 1. The van der Waals surface area contributed by atoms with E-state index >= 15 is 0 Å². The van der Waals surface area contributed by atoms with Crippen LogP contribution in [0.25, 0.3) is 0 Å². The van der Waals surface area contributed by atoms with Crippen molar-refractivity contribution in [1.82, 2.24) is 5.32 Å².